The van der Waals surface area contributed by atoms with Crippen LogP contribution < -0.4 is 19.6 Å². The van der Waals surface area contributed by atoms with Crippen LogP contribution in [0.25, 0.3) is 5.69 Å². The number of carbonyl (C=O) groups is 2. The van der Waals surface area contributed by atoms with Gasteiger partial charge in [0, 0.05) is 27.1 Å². The standard InChI is InChI=1S/C35H31Br2N3O7/c1-4-44-30-17-25(31(36)32(37)33(30)46-19-23-6-5-7-24(16-23)35(42)43)18-38-39-34(41)29-15-14-28(47-29)20-45-27-12-10-26(11-13-27)40-21(2)8-9-22(40)3/h5-18H,4,19-20H2,1-3H3,(H,39,41)(H,42,43)/b38-18+. The molecule has 0 bridgehead atoms. The summed E-state index contributed by atoms with van der Waals surface area (Å²) in [6.45, 7) is 6.61. The average Bonchev–Trinajstić information content (AvgIpc) is 3.68. The van der Waals surface area contributed by atoms with Crippen molar-refractivity contribution in [2.75, 3.05) is 6.61 Å². The van der Waals surface area contributed by atoms with Gasteiger partial charge in [-0.3, -0.25) is 4.79 Å². The maximum Gasteiger partial charge on any atom is 0.335 e. The average molecular weight is 765 g/mol. The number of hydrogen-bond donors (Lipinski definition) is 2. The van der Waals surface area contributed by atoms with Gasteiger partial charge in [0.15, 0.2) is 17.3 Å². The van der Waals surface area contributed by atoms with Crippen molar-refractivity contribution in [1.29, 1.82) is 0 Å². The van der Waals surface area contributed by atoms with Crippen molar-refractivity contribution < 1.29 is 33.3 Å². The van der Waals surface area contributed by atoms with Crippen LogP contribution in [0.5, 0.6) is 17.2 Å². The van der Waals surface area contributed by atoms with E-state index in [9.17, 15) is 14.7 Å². The molecule has 0 spiro atoms. The molecule has 2 N–H and O–H groups in total. The molecule has 0 radical (unpaired) electrons. The van der Waals surface area contributed by atoms with Gasteiger partial charge >= 0.3 is 11.9 Å². The molecular weight excluding hydrogens is 734 g/mol. The Kier molecular flexibility index (Phi) is 10.8. The fourth-order valence-electron chi connectivity index (χ4n) is 4.76. The lowest BCUT2D eigenvalue weighted by atomic mass is 10.1. The van der Waals surface area contributed by atoms with Crippen molar-refractivity contribution in [3.05, 3.63) is 127 Å². The molecule has 0 aliphatic rings. The van der Waals surface area contributed by atoms with Crippen LogP contribution in [-0.4, -0.2) is 34.4 Å². The van der Waals surface area contributed by atoms with Crippen LogP contribution in [0.3, 0.4) is 0 Å². The van der Waals surface area contributed by atoms with Gasteiger partial charge in [-0.05, 0) is 125 Å². The number of benzene rings is 3. The molecule has 242 valence electrons. The molecule has 0 atom stereocenters. The van der Waals surface area contributed by atoms with E-state index in [1.165, 1.54) is 12.3 Å². The van der Waals surface area contributed by atoms with E-state index < -0.39 is 11.9 Å². The van der Waals surface area contributed by atoms with E-state index in [0.29, 0.717) is 49.7 Å². The third-order valence-corrected chi connectivity index (χ3v) is 9.16. The van der Waals surface area contributed by atoms with Gasteiger partial charge in [0.1, 0.15) is 24.7 Å². The minimum absolute atomic E-state index is 0.0839. The van der Waals surface area contributed by atoms with Crippen LogP contribution in [0.4, 0.5) is 0 Å². The number of aromatic carboxylic acids is 1. The second-order valence-corrected chi connectivity index (χ2v) is 11.9. The van der Waals surface area contributed by atoms with Crippen molar-refractivity contribution in [1.82, 2.24) is 9.99 Å². The summed E-state index contributed by atoms with van der Waals surface area (Å²) in [5, 5.41) is 13.4. The maximum absolute atomic E-state index is 12.7. The number of carboxylic acid groups (broad SMARTS) is 1. The van der Waals surface area contributed by atoms with Crippen molar-refractivity contribution >= 4 is 50.0 Å². The Morgan fingerprint density at radius 2 is 1.66 bits per heavy atom. The first-order valence-electron chi connectivity index (χ1n) is 14.5. The van der Waals surface area contributed by atoms with Gasteiger partial charge in [0.25, 0.3) is 0 Å². The second-order valence-electron chi connectivity index (χ2n) is 10.3. The molecule has 0 saturated heterocycles. The quantitative estimate of drug-likeness (QED) is 0.0915. The van der Waals surface area contributed by atoms with Gasteiger partial charge in [0.2, 0.25) is 0 Å². The number of nitrogens with one attached hydrogen (secondary N) is 1. The summed E-state index contributed by atoms with van der Waals surface area (Å²) in [5.41, 5.74) is 7.28. The highest BCUT2D eigenvalue weighted by Gasteiger charge is 2.18. The summed E-state index contributed by atoms with van der Waals surface area (Å²) < 4.78 is 26.7. The van der Waals surface area contributed by atoms with Crippen molar-refractivity contribution in [3.63, 3.8) is 0 Å². The molecular formula is C35H31Br2N3O7. The summed E-state index contributed by atoms with van der Waals surface area (Å²) in [7, 11) is 0. The number of halogens is 2. The molecule has 0 unspecified atom stereocenters. The molecule has 12 heteroatoms. The van der Waals surface area contributed by atoms with E-state index in [2.05, 4.69) is 72.9 Å². The minimum Gasteiger partial charge on any atom is -0.490 e. The molecule has 5 aromatic rings. The molecule has 2 aromatic heterocycles. The lowest BCUT2D eigenvalue weighted by Gasteiger charge is -2.16. The Labute approximate surface area is 288 Å². The molecule has 0 saturated carbocycles. The lowest BCUT2D eigenvalue weighted by molar-refractivity contribution is 0.0696. The van der Waals surface area contributed by atoms with Crippen LogP contribution in [0.15, 0.2) is 97.3 Å². The number of furan rings is 1. The van der Waals surface area contributed by atoms with Crippen LogP contribution in [-0.2, 0) is 13.2 Å². The zero-order valence-electron chi connectivity index (χ0n) is 25.8. The number of amides is 1. The predicted molar refractivity (Wildman–Crippen MR) is 184 cm³/mol. The lowest BCUT2D eigenvalue weighted by Crippen LogP contribution is -2.17. The first kappa shape index (κ1) is 33.6. The molecule has 2 heterocycles. The largest absolute Gasteiger partial charge is 0.490 e. The Morgan fingerprint density at radius 1 is 0.915 bits per heavy atom. The second kappa shape index (κ2) is 15.2. The van der Waals surface area contributed by atoms with Crippen molar-refractivity contribution in [2.24, 2.45) is 5.10 Å². The predicted octanol–water partition coefficient (Wildman–Crippen LogP) is 8.23. The molecule has 0 fully saturated rings. The number of aryl methyl sites for hydroxylation is 2. The highest BCUT2D eigenvalue weighted by Crippen LogP contribution is 2.43. The topological polar surface area (TPSA) is 125 Å². The number of nitrogens with zero attached hydrogens (tertiary/aromatic N) is 2. The van der Waals surface area contributed by atoms with Gasteiger partial charge in [0.05, 0.1) is 22.9 Å². The third-order valence-electron chi connectivity index (χ3n) is 7.02. The number of carbonyl (C=O) groups excluding carboxylic acids is 1. The number of carboxylic acids is 1. The summed E-state index contributed by atoms with van der Waals surface area (Å²) in [6, 6.07) is 23.4. The molecule has 1 amide bonds. The molecule has 47 heavy (non-hydrogen) atoms. The van der Waals surface area contributed by atoms with E-state index in [0.717, 1.165) is 17.1 Å². The Morgan fingerprint density at radius 3 is 2.36 bits per heavy atom. The fourth-order valence-corrected chi connectivity index (χ4v) is 5.70. The van der Waals surface area contributed by atoms with E-state index >= 15 is 0 Å². The molecule has 0 aliphatic heterocycles. The van der Waals surface area contributed by atoms with Gasteiger partial charge in [-0.2, -0.15) is 5.10 Å². The highest BCUT2D eigenvalue weighted by atomic mass is 79.9. The number of rotatable bonds is 13. The number of ether oxygens (including phenoxy) is 3. The van der Waals surface area contributed by atoms with Crippen molar-refractivity contribution in [3.8, 4) is 22.9 Å². The van der Waals surface area contributed by atoms with Crippen molar-refractivity contribution in [2.45, 2.75) is 34.0 Å². The van der Waals surface area contributed by atoms with Crippen LogP contribution in [0.1, 0.15) is 56.1 Å². The number of aromatic nitrogens is 1. The summed E-state index contributed by atoms with van der Waals surface area (Å²) in [4.78, 5) is 24.0. The maximum atomic E-state index is 12.7. The van der Waals surface area contributed by atoms with E-state index in [4.69, 9.17) is 18.6 Å². The molecule has 3 aromatic carbocycles. The first-order valence-corrected chi connectivity index (χ1v) is 16.1. The Hall–Kier alpha value is -4.81. The van der Waals surface area contributed by atoms with Crippen LogP contribution >= 0.6 is 31.9 Å². The minimum atomic E-state index is -1.01. The van der Waals surface area contributed by atoms with E-state index in [-0.39, 0.29) is 24.5 Å². The number of hydrogen-bond acceptors (Lipinski definition) is 7. The SMILES string of the molecule is CCOc1cc(/C=N/NC(=O)c2ccc(COc3ccc(-n4c(C)ccc4C)cc3)o2)c(Br)c(Br)c1OCc1cccc(C(=O)O)c1. The summed E-state index contributed by atoms with van der Waals surface area (Å²) in [6.07, 6.45) is 1.46. The van der Waals surface area contributed by atoms with Gasteiger partial charge in [-0.25, -0.2) is 10.2 Å². The molecule has 0 aliphatic carbocycles. The van der Waals surface area contributed by atoms with Gasteiger partial charge in [-0.1, -0.05) is 12.1 Å². The smallest absolute Gasteiger partial charge is 0.335 e. The number of hydrazone groups is 1. The zero-order valence-corrected chi connectivity index (χ0v) is 28.9. The van der Waals surface area contributed by atoms with Crippen LogP contribution in [0, 0.1) is 13.8 Å². The normalized spacial score (nSPS) is 11.1. The van der Waals surface area contributed by atoms with Crippen LogP contribution in [0.2, 0.25) is 0 Å². The van der Waals surface area contributed by atoms with E-state index in [1.807, 2.05) is 31.2 Å². The van der Waals surface area contributed by atoms with E-state index in [1.54, 1.807) is 36.4 Å². The monoisotopic (exact) mass is 763 g/mol. The summed E-state index contributed by atoms with van der Waals surface area (Å²) >= 11 is 7.10. The summed E-state index contributed by atoms with van der Waals surface area (Å²) in [5.74, 6) is 0.560. The Bertz CT molecular complexity index is 1910. The Balaban J connectivity index is 1.19. The van der Waals surface area contributed by atoms with Gasteiger partial charge < -0.3 is 28.3 Å². The molecule has 5 rings (SSSR count). The van der Waals surface area contributed by atoms with Gasteiger partial charge in [-0.15, -0.1) is 0 Å². The molecule has 10 nitrogen and oxygen atoms in total. The fraction of sp³-hybridized carbons (Fsp3) is 0.171. The highest BCUT2D eigenvalue weighted by molar-refractivity contribution is 9.13. The first-order chi connectivity index (χ1) is 22.6. The zero-order chi connectivity index (χ0) is 33.5. The third kappa shape index (κ3) is 8.13.